The Morgan fingerprint density at radius 3 is 2.87 bits per heavy atom. The van der Waals surface area contributed by atoms with Gasteiger partial charge < -0.3 is 10.2 Å². The summed E-state index contributed by atoms with van der Waals surface area (Å²) in [6, 6.07) is 0. The van der Waals surface area contributed by atoms with Gasteiger partial charge in [0.2, 0.25) is 5.91 Å². The first kappa shape index (κ1) is 12.5. The van der Waals surface area contributed by atoms with Crippen LogP contribution in [0.1, 0.15) is 39.5 Å². The zero-order chi connectivity index (χ0) is 11.1. The van der Waals surface area contributed by atoms with Crippen molar-refractivity contribution in [3.63, 3.8) is 0 Å². The zero-order valence-corrected chi connectivity index (χ0v) is 10.1. The number of amides is 1. The molecule has 0 aromatic heterocycles. The molecule has 1 N–H and O–H groups in total. The lowest BCUT2D eigenvalue weighted by atomic mass is 10.1. The van der Waals surface area contributed by atoms with Crippen LogP contribution in [0.5, 0.6) is 0 Å². The number of nitrogens with one attached hydrogen (secondary N) is 1. The SMILES string of the molecule is CC(C)CCCC(=O)N1CCCNCC1. The van der Waals surface area contributed by atoms with Gasteiger partial charge in [0, 0.05) is 26.1 Å². The van der Waals surface area contributed by atoms with Crippen LogP contribution < -0.4 is 5.32 Å². The van der Waals surface area contributed by atoms with Crippen molar-refractivity contribution in [2.75, 3.05) is 26.2 Å². The Bertz CT molecular complexity index is 184. The van der Waals surface area contributed by atoms with Gasteiger partial charge in [-0.3, -0.25) is 4.79 Å². The van der Waals surface area contributed by atoms with Gasteiger partial charge in [0.15, 0.2) is 0 Å². The van der Waals surface area contributed by atoms with Crippen LogP contribution in [-0.2, 0) is 4.79 Å². The molecule has 1 amide bonds. The first-order valence-electron chi connectivity index (χ1n) is 6.18. The highest BCUT2D eigenvalue weighted by molar-refractivity contribution is 5.76. The van der Waals surface area contributed by atoms with Crippen molar-refractivity contribution >= 4 is 5.91 Å². The highest BCUT2D eigenvalue weighted by Crippen LogP contribution is 2.08. The summed E-state index contributed by atoms with van der Waals surface area (Å²) in [4.78, 5) is 13.8. The Hall–Kier alpha value is -0.570. The summed E-state index contributed by atoms with van der Waals surface area (Å²) in [5.41, 5.74) is 0. The predicted molar refractivity (Wildman–Crippen MR) is 62.8 cm³/mol. The lowest BCUT2D eigenvalue weighted by molar-refractivity contribution is -0.131. The molecule has 0 aromatic carbocycles. The van der Waals surface area contributed by atoms with Gasteiger partial charge in [-0.25, -0.2) is 0 Å². The Morgan fingerprint density at radius 1 is 1.33 bits per heavy atom. The lowest BCUT2D eigenvalue weighted by Crippen LogP contribution is -2.33. The molecule has 0 saturated carbocycles. The van der Waals surface area contributed by atoms with Crippen LogP contribution in [0, 0.1) is 5.92 Å². The number of carbonyl (C=O) groups excluding carboxylic acids is 1. The topological polar surface area (TPSA) is 32.3 Å². The second kappa shape index (κ2) is 6.83. The molecule has 88 valence electrons. The average molecular weight is 212 g/mol. The quantitative estimate of drug-likeness (QED) is 0.768. The summed E-state index contributed by atoms with van der Waals surface area (Å²) in [7, 11) is 0. The van der Waals surface area contributed by atoms with Crippen molar-refractivity contribution in [1.82, 2.24) is 10.2 Å². The maximum Gasteiger partial charge on any atom is 0.222 e. The zero-order valence-electron chi connectivity index (χ0n) is 10.1. The van der Waals surface area contributed by atoms with Gasteiger partial charge in [-0.15, -0.1) is 0 Å². The monoisotopic (exact) mass is 212 g/mol. The van der Waals surface area contributed by atoms with Crippen LogP contribution in [0.4, 0.5) is 0 Å². The molecule has 0 aromatic rings. The Balaban J connectivity index is 2.19. The maximum atomic E-state index is 11.8. The molecule has 1 aliphatic heterocycles. The van der Waals surface area contributed by atoms with Gasteiger partial charge in [-0.05, 0) is 25.3 Å². The van der Waals surface area contributed by atoms with Gasteiger partial charge in [0.05, 0.1) is 0 Å². The molecule has 0 aliphatic carbocycles. The summed E-state index contributed by atoms with van der Waals surface area (Å²) in [5, 5.41) is 3.31. The van der Waals surface area contributed by atoms with E-state index in [1.54, 1.807) is 0 Å². The van der Waals surface area contributed by atoms with Gasteiger partial charge >= 0.3 is 0 Å². The van der Waals surface area contributed by atoms with E-state index in [9.17, 15) is 4.79 Å². The third-order valence-electron chi connectivity index (χ3n) is 2.86. The van der Waals surface area contributed by atoms with Gasteiger partial charge in [0.25, 0.3) is 0 Å². The minimum Gasteiger partial charge on any atom is -0.341 e. The second-order valence-corrected chi connectivity index (χ2v) is 4.77. The number of hydrogen-bond donors (Lipinski definition) is 1. The third kappa shape index (κ3) is 5.17. The molecule has 1 fully saturated rings. The van der Waals surface area contributed by atoms with Crippen LogP contribution in [0.3, 0.4) is 0 Å². The molecule has 0 unspecified atom stereocenters. The van der Waals surface area contributed by atoms with Crippen molar-refractivity contribution in [2.24, 2.45) is 5.92 Å². The van der Waals surface area contributed by atoms with Gasteiger partial charge in [-0.1, -0.05) is 20.3 Å². The predicted octanol–water partition coefficient (Wildman–Crippen LogP) is 1.63. The van der Waals surface area contributed by atoms with Crippen molar-refractivity contribution in [2.45, 2.75) is 39.5 Å². The molecule has 0 atom stereocenters. The molecule has 1 aliphatic rings. The van der Waals surface area contributed by atoms with Crippen LogP contribution in [0.15, 0.2) is 0 Å². The molecule has 0 radical (unpaired) electrons. The van der Waals surface area contributed by atoms with Gasteiger partial charge in [0.1, 0.15) is 0 Å². The number of nitrogens with zero attached hydrogens (tertiary/aromatic N) is 1. The lowest BCUT2D eigenvalue weighted by Gasteiger charge is -2.20. The smallest absolute Gasteiger partial charge is 0.222 e. The standard InChI is InChI=1S/C12H24N2O/c1-11(2)5-3-6-12(15)14-9-4-7-13-8-10-14/h11,13H,3-10H2,1-2H3. The highest BCUT2D eigenvalue weighted by atomic mass is 16.2. The average Bonchev–Trinajstić information content (AvgIpc) is 2.44. The van der Waals surface area contributed by atoms with Crippen LogP contribution in [-0.4, -0.2) is 37.0 Å². The van der Waals surface area contributed by atoms with Crippen molar-refractivity contribution < 1.29 is 4.79 Å². The minimum absolute atomic E-state index is 0.347. The number of rotatable bonds is 4. The normalized spacial score (nSPS) is 17.9. The molecule has 3 nitrogen and oxygen atoms in total. The van der Waals surface area contributed by atoms with Gasteiger partial charge in [-0.2, -0.15) is 0 Å². The Labute approximate surface area is 93.2 Å². The third-order valence-corrected chi connectivity index (χ3v) is 2.86. The first-order chi connectivity index (χ1) is 7.20. The second-order valence-electron chi connectivity index (χ2n) is 4.77. The van der Waals surface area contributed by atoms with E-state index in [1.807, 2.05) is 4.90 Å². The van der Waals surface area contributed by atoms with E-state index in [2.05, 4.69) is 19.2 Å². The Morgan fingerprint density at radius 2 is 2.13 bits per heavy atom. The highest BCUT2D eigenvalue weighted by Gasteiger charge is 2.14. The van der Waals surface area contributed by atoms with Crippen LogP contribution in [0.25, 0.3) is 0 Å². The summed E-state index contributed by atoms with van der Waals surface area (Å²) < 4.78 is 0. The van der Waals surface area contributed by atoms with Crippen LogP contribution in [0.2, 0.25) is 0 Å². The number of carbonyl (C=O) groups is 1. The van der Waals surface area contributed by atoms with Crippen molar-refractivity contribution in [3.8, 4) is 0 Å². The summed E-state index contributed by atoms with van der Waals surface area (Å²) >= 11 is 0. The summed E-state index contributed by atoms with van der Waals surface area (Å²) in [6.07, 6.45) is 4.03. The minimum atomic E-state index is 0.347. The van der Waals surface area contributed by atoms with Crippen molar-refractivity contribution in [3.05, 3.63) is 0 Å². The molecule has 3 heteroatoms. The van der Waals surface area contributed by atoms with E-state index >= 15 is 0 Å². The molecule has 0 spiro atoms. The van der Waals surface area contributed by atoms with E-state index in [4.69, 9.17) is 0 Å². The molecule has 1 heterocycles. The largest absolute Gasteiger partial charge is 0.341 e. The fourth-order valence-electron chi connectivity index (χ4n) is 1.91. The summed E-state index contributed by atoms with van der Waals surface area (Å²) in [6.45, 7) is 8.25. The van der Waals surface area contributed by atoms with Crippen LogP contribution >= 0.6 is 0 Å². The molecule has 15 heavy (non-hydrogen) atoms. The fourth-order valence-corrected chi connectivity index (χ4v) is 1.91. The molecular formula is C12H24N2O. The molecular weight excluding hydrogens is 188 g/mol. The van der Waals surface area contributed by atoms with E-state index in [0.29, 0.717) is 11.8 Å². The molecule has 1 saturated heterocycles. The van der Waals surface area contributed by atoms with E-state index in [1.165, 1.54) is 0 Å². The Kier molecular flexibility index (Phi) is 5.69. The summed E-state index contributed by atoms with van der Waals surface area (Å²) in [5.74, 6) is 1.06. The van der Waals surface area contributed by atoms with Crippen molar-refractivity contribution in [1.29, 1.82) is 0 Å². The van der Waals surface area contributed by atoms with E-state index in [-0.39, 0.29) is 0 Å². The van der Waals surface area contributed by atoms with E-state index in [0.717, 1.165) is 51.9 Å². The maximum absolute atomic E-state index is 11.8. The number of hydrogen-bond acceptors (Lipinski definition) is 2. The van der Waals surface area contributed by atoms with E-state index < -0.39 is 0 Å². The molecule has 1 rings (SSSR count). The fraction of sp³-hybridized carbons (Fsp3) is 0.917. The molecule has 0 bridgehead atoms. The first-order valence-corrected chi connectivity index (χ1v) is 6.18.